The van der Waals surface area contributed by atoms with Crippen molar-refractivity contribution in [2.75, 3.05) is 18.1 Å². The SMILES string of the molecule is CCOc1ccc(N2C[C@H](C(=O)NC3CC(C)(C)[NH2+]C(C)(C)C3)CC2=O)cc1. The molecule has 2 heterocycles. The maximum atomic E-state index is 12.9. The van der Waals surface area contributed by atoms with Gasteiger partial charge in [0, 0.05) is 37.5 Å². The van der Waals surface area contributed by atoms with E-state index in [0.717, 1.165) is 24.3 Å². The molecule has 6 heteroatoms. The second-order valence-corrected chi connectivity index (χ2v) is 9.57. The van der Waals surface area contributed by atoms with E-state index in [2.05, 4.69) is 38.3 Å². The Morgan fingerprint density at radius 3 is 2.36 bits per heavy atom. The Morgan fingerprint density at radius 1 is 1.18 bits per heavy atom. The third kappa shape index (κ3) is 4.85. The number of hydrogen-bond acceptors (Lipinski definition) is 3. The van der Waals surface area contributed by atoms with Gasteiger partial charge in [-0.25, -0.2) is 0 Å². The predicted molar refractivity (Wildman–Crippen MR) is 109 cm³/mol. The minimum atomic E-state index is -0.295. The number of nitrogens with two attached hydrogens (primary N) is 1. The molecule has 2 fully saturated rings. The van der Waals surface area contributed by atoms with Crippen molar-refractivity contribution in [2.45, 2.75) is 71.0 Å². The van der Waals surface area contributed by atoms with Gasteiger partial charge in [-0.1, -0.05) is 0 Å². The third-order valence-corrected chi connectivity index (χ3v) is 5.63. The molecule has 2 saturated heterocycles. The zero-order valence-corrected chi connectivity index (χ0v) is 17.7. The molecule has 0 unspecified atom stereocenters. The smallest absolute Gasteiger partial charge is 0.227 e. The maximum absolute atomic E-state index is 12.9. The molecule has 1 aromatic carbocycles. The van der Waals surface area contributed by atoms with Crippen molar-refractivity contribution in [3.05, 3.63) is 24.3 Å². The summed E-state index contributed by atoms with van der Waals surface area (Å²) in [6, 6.07) is 7.64. The summed E-state index contributed by atoms with van der Waals surface area (Å²) in [6.45, 7) is 11.9. The molecule has 0 spiro atoms. The van der Waals surface area contributed by atoms with Gasteiger partial charge < -0.3 is 20.3 Å². The van der Waals surface area contributed by atoms with E-state index in [-0.39, 0.29) is 41.3 Å². The first-order valence-corrected chi connectivity index (χ1v) is 10.3. The van der Waals surface area contributed by atoms with Gasteiger partial charge in [-0.05, 0) is 58.9 Å². The van der Waals surface area contributed by atoms with E-state index in [9.17, 15) is 9.59 Å². The number of piperidine rings is 1. The topological polar surface area (TPSA) is 75.2 Å². The molecule has 0 bridgehead atoms. The van der Waals surface area contributed by atoms with Crippen LogP contribution in [0.5, 0.6) is 5.75 Å². The molecule has 2 aliphatic heterocycles. The van der Waals surface area contributed by atoms with Crippen LogP contribution in [0, 0.1) is 5.92 Å². The van der Waals surface area contributed by atoms with E-state index < -0.39 is 0 Å². The van der Waals surface area contributed by atoms with Crippen molar-refractivity contribution in [1.82, 2.24) is 5.32 Å². The van der Waals surface area contributed by atoms with Crippen molar-refractivity contribution in [3.8, 4) is 5.75 Å². The van der Waals surface area contributed by atoms with Crippen LogP contribution in [0.25, 0.3) is 0 Å². The minimum absolute atomic E-state index is 0.000265. The molecule has 154 valence electrons. The van der Waals surface area contributed by atoms with Gasteiger partial charge in [0.1, 0.15) is 5.75 Å². The van der Waals surface area contributed by atoms with Gasteiger partial charge >= 0.3 is 0 Å². The van der Waals surface area contributed by atoms with Crippen molar-refractivity contribution < 1.29 is 19.6 Å². The number of ether oxygens (including phenoxy) is 1. The van der Waals surface area contributed by atoms with Crippen LogP contribution in [0.1, 0.15) is 53.9 Å². The highest BCUT2D eigenvalue weighted by molar-refractivity contribution is 6.00. The molecule has 2 aliphatic rings. The van der Waals surface area contributed by atoms with Crippen molar-refractivity contribution in [2.24, 2.45) is 5.92 Å². The first-order valence-electron chi connectivity index (χ1n) is 10.3. The van der Waals surface area contributed by atoms with Crippen LogP contribution in [-0.2, 0) is 9.59 Å². The number of anilines is 1. The fourth-order valence-corrected chi connectivity index (χ4v) is 4.96. The number of nitrogens with zero attached hydrogens (tertiary/aromatic N) is 1. The summed E-state index contributed by atoms with van der Waals surface area (Å²) in [6.07, 6.45) is 2.14. The Hall–Kier alpha value is -2.08. The highest BCUT2D eigenvalue weighted by Gasteiger charge is 2.43. The molecule has 2 amide bonds. The van der Waals surface area contributed by atoms with Crippen LogP contribution in [0.4, 0.5) is 5.69 Å². The zero-order chi connectivity index (χ0) is 20.5. The second-order valence-electron chi connectivity index (χ2n) is 9.57. The Balaban J connectivity index is 1.62. The summed E-state index contributed by atoms with van der Waals surface area (Å²) in [4.78, 5) is 27.1. The summed E-state index contributed by atoms with van der Waals surface area (Å²) >= 11 is 0. The fraction of sp³-hybridized carbons (Fsp3) is 0.636. The number of hydrogen-bond donors (Lipinski definition) is 2. The second kappa shape index (κ2) is 7.74. The van der Waals surface area contributed by atoms with Crippen LogP contribution >= 0.6 is 0 Å². The number of nitrogens with one attached hydrogen (secondary N) is 1. The molecule has 0 aliphatic carbocycles. The molecular weight excluding hydrogens is 354 g/mol. The molecule has 6 nitrogen and oxygen atoms in total. The molecular formula is C22H34N3O3+. The lowest BCUT2D eigenvalue weighted by Crippen LogP contribution is -3.06. The summed E-state index contributed by atoms with van der Waals surface area (Å²) in [5.74, 6) is 0.491. The maximum Gasteiger partial charge on any atom is 0.227 e. The van der Waals surface area contributed by atoms with Crippen LogP contribution in [0.2, 0.25) is 0 Å². The highest BCUT2D eigenvalue weighted by Crippen LogP contribution is 2.28. The molecule has 1 atom stereocenters. The first-order chi connectivity index (χ1) is 13.1. The summed E-state index contributed by atoms with van der Waals surface area (Å²) < 4.78 is 5.46. The van der Waals surface area contributed by atoms with Crippen molar-refractivity contribution in [3.63, 3.8) is 0 Å². The summed E-state index contributed by atoms with van der Waals surface area (Å²) in [5, 5.41) is 5.63. The Bertz CT molecular complexity index is 711. The molecule has 28 heavy (non-hydrogen) atoms. The monoisotopic (exact) mass is 388 g/mol. The lowest BCUT2D eigenvalue weighted by molar-refractivity contribution is -0.787. The average molecular weight is 389 g/mol. The van der Waals surface area contributed by atoms with Crippen molar-refractivity contribution in [1.29, 1.82) is 0 Å². The van der Waals surface area contributed by atoms with Crippen LogP contribution in [0.15, 0.2) is 24.3 Å². The number of benzene rings is 1. The van der Waals surface area contributed by atoms with E-state index in [4.69, 9.17) is 4.74 Å². The van der Waals surface area contributed by atoms with E-state index >= 15 is 0 Å². The average Bonchev–Trinajstić information content (AvgIpc) is 2.95. The largest absolute Gasteiger partial charge is 0.494 e. The van der Waals surface area contributed by atoms with E-state index in [1.54, 1.807) is 4.90 Å². The predicted octanol–water partition coefficient (Wildman–Crippen LogP) is 1.84. The summed E-state index contributed by atoms with van der Waals surface area (Å²) in [7, 11) is 0. The Labute approximate surface area is 168 Å². The van der Waals surface area contributed by atoms with Gasteiger partial charge in [-0.2, -0.15) is 0 Å². The van der Waals surface area contributed by atoms with Gasteiger partial charge in [0.05, 0.1) is 23.6 Å². The minimum Gasteiger partial charge on any atom is -0.494 e. The van der Waals surface area contributed by atoms with E-state index in [1.165, 1.54) is 0 Å². The number of rotatable bonds is 5. The van der Waals surface area contributed by atoms with Gasteiger partial charge in [-0.15, -0.1) is 0 Å². The van der Waals surface area contributed by atoms with Crippen molar-refractivity contribution >= 4 is 17.5 Å². The quantitative estimate of drug-likeness (QED) is 0.808. The highest BCUT2D eigenvalue weighted by atomic mass is 16.5. The van der Waals surface area contributed by atoms with Gasteiger partial charge in [0.2, 0.25) is 11.8 Å². The van der Waals surface area contributed by atoms with E-state index in [1.807, 2.05) is 31.2 Å². The van der Waals surface area contributed by atoms with E-state index in [0.29, 0.717) is 13.2 Å². The van der Waals surface area contributed by atoms with Gasteiger partial charge in [-0.3, -0.25) is 9.59 Å². The third-order valence-electron chi connectivity index (χ3n) is 5.63. The Morgan fingerprint density at radius 2 is 1.79 bits per heavy atom. The molecule has 3 rings (SSSR count). The molecule has 0 saturated carbocycles. The zero-order valence-electron chi connectivity index (χ0n) is 17.7. The number of quaternary nitrogens is 1. The first kappa shape index (κ1) is 20.6. The van der Waals surface area contributed by atoms with Gasteiger partial charge in [0.25, 0.3) is 0 Å². The number of amides is 2. The van der Waals surface area contributed by atoms with Crippen LogP contribution < -0.4 is 20.3 Å². The molecule has 0 aromatic heterocycles. The number of carbonyl (C=O) groups is 2. The molecule has 0 radical (unpaired) electrons. The molecule has 1 aromatic rings. The lowest BCUT2D eigenvalue weighted by Gasteiger charge is -2.43. The van der Waals surface area contributed by atoms with Crippen LogP contribution in [-0.4, -0.2) is 42.1 Å². The van der Waals surface area contributed by atoms with Gasteiger partial charge in [0.15, 0.2) is 0 Å². The number of carbonyl (C=O) groups excluding carboxylic acids is 2. The normalized spacial score (nSPS) is 24.2. The lowest BCUT2D eigenvalue weighted by atomic mass is 9.79. The fourth-order valence-electron chi connectivity index (χ4n) is 4.96. The summed E-state index contributed by atoms with van der Waals surface area (Å²) in [5.41, 5.74) is 1.01. The Kier molecular flexibility index (Phi) is 5.71. The van der Waals surface area contributed by atoms with Crippen LogP contribution in [0.3, 0.4) is 0 Å². The molecule has 3 N–H and O–H groups in total. The standard InChI is InChI=1S/C22H33N3O3/c1-6-28-18-9-7-17(8-10-18)25-14-15(11-19(25)26)20(27)23-16-12-21(2,3)24-22(4,5)13-16/h7-10,15-16,24H,6,11-14H2,1-5H3,(H,23,27)/p+1/t15-/m1/s1.